The minimum Gasteiger partial charge on any atom is -0.492 e. The van der Waals surface area contributed by atoms with Gasteiger partial charge in [-0.15, -0.1) is 0 Å². The van der Waals surface area contributed by atoms with E-state index in [1.807, 2.05) is 23.6 Å². The number of carbonyl (C=O) groups is 1. The van der Waals surface area contributed by atoms with Crippen molar-refractivity contribution in [1.82, 2.24) is 9.55 Å². The van der Waals surface area contributed by atoms with Gasteiger partial charge in [-0.1, -0.05) is 6.07 Å². The highest BCUT2D eigenvalue weighted by Crippen LogP contribution is 2.35. The number of carbonyl (C=O) groups excluding carboxylic acids is 1. The molecule has 0 fully saturated rings. The lowest BCUT2D eigenvalue weighted by Crippen LogP contribution is -2.15. The van der Waals surface area contributed by atoms with E-state index in [-0.39, 0.29) is 18.0 Å². The predicted octanol–water partition coefficient (Wildman–Crippen LogP) is 5.16. The van der Waals surface area contributed by atoms with Crippen molar-refractivity contribution in [2.24, 2.45) is 0 Å². The molecule has 1 aromatic carbocycles. The molecule has 0 aliphatic heterocycles. The Morgan fingerprint density at radius 2 is 1.93 bits per heavy atom. The van der Waals surface area contributed by atoms with Gasteiger partial charge >= 0.3 is 6.18 Å². The van der Waals surface area contributed by atoms with Crippen molar-refractivity contribution in [3.05, 3.63) is 71.2 Å². The number of benzene rings is 1. The molecule has 29 heavy (non-hydrogen) atoms. The third-order valence-electron chi connectivity index (χ3n) is 4.41. The quantitative estimate of drug-likeness (QED) is 0.640. The molecule has 0 unspecified atom stereocenters. The number of alkyl halides is 3. The molecule has 0 atom stereocenters. The summed E-state index contributed by atoms with van der Waals surface area (Å²) in [5.74, 6) is 0.295. The van der Waals surface area contributed by atoms with Gasteiger partial charge in [0.15, 0.2) is 0 Å². The molecular weight excluding hydrogens is 383 g/mol. The van der Waals surface area contributed by atoms with Crippen LogP contribution in [0.5, 0.6) is 5.75 Å². The first-order chi connectivity index (χ1) is 13.7. The van der Waals surface area contributed by atoms with Crippen molar-refractivity contribution < 1.29 is 22.7 Å². The molecule has 152 valence electrons. The van der Waals surface area contributed by atoms with Crippen molar-refractivity contribution in [2.75, 3.05) is 11.9 Å². The lowest BCUT2D eigenvalue weighted by Gasteiger charge is -2.15. The maximum Gasteiger partial charge on any atom is 0.416 e. The summed E-state index contributed by atoms with van der Waals surface area (Å²) in [6.07, 6.45) is -2.88. The third kappa shape index (κ3) is 4.26. The van der Waals surface area contributed by atoms with Gasteiger partial charge in [-0.3, -0.25) is 4.79 Å². The minimum absolute atomic E-state index is 0.0330. The van der Waals surface area contributed by atoms with Crippen molar-refractivity contribution in [3.8, 4) is 11.6 Å². The Hall–Kier alpha value is -3.29. The molecule has 0 aliphatic rings. The summed E-state index contributed by atoms with van der Waals surface area (Å²) >= 11 is 0. The molecule has 1 N–H and O–H groups in total. The monoisotopic (exact) mass is 403 g/mol. The van der Waals surface area contributed by atoms with Crippen LogP contribution in [0.15, 0.2) is 48.7 Å². The molecule has 0 aliphatic carbocycles. The van der Waals surface area contributed by atoms with Gasteiger partial charge in [-0.2, -0.15) is 13.2 Å². The number of pyridine rings is 1. The van der Waals surface area contributed by atoms with Crippen LogP contribution < -0.4 is 10.1 Å². The summed E-state index contributed by atoms with van der Waals surface area (Å²) in [5.41, 5.74) is 0.849. The maximum atomic E-state index is 13.1. The Kier molecular flexibility index (Phi) is 5.63. The second-order valence-corrected chi connectivity index (χ2v) is 6.40. The van der Waals surface area contributed by atoms with E-state index in [4.69, 9.17) is 4.74 Å². The van der Waals surface area contributed by atoms with Gasteiger partial charge in [0.1, 0.15) is 11.6 Å². The summed E-state index contributed by atoms with van der Waals surface area (Å²) in [6, 6.07) is 10.1. The molecular formula is C21H20F3N3O2. The van der Waals surface area contributed by atoms with Gasteiger partial charge in [0.2, 0.25) is 0 Å². The number of halogens is 3. The van der Waals surface area contributed by atoms with Gasteiger partial charge in [0.25, 0.3) is 5.91 Å². The van der Waals surface area contributed by atoms with Crippen LogP contribution >= 0.6 is 0 Å². The molecule has 3 rings (SSSR count). The van der Waals surface area contributed by atoms with Crippen LogP contribution in [-0.2, 0) is 6.18 Å². The largest absolute Gasteiger partial charge is 0.492 e. The SMILES string of the molecule is CCOc1ccc(C(F)(F)F)cc1NC(=O)c1cc(C)n(-c2ccccn2)c1C. The Labute approximate surface area is 166 Å². The first-order valence-electron chi connectivity index (χ1n) is 8.98. The van der Waals surface area contributed by atoms with Crippen molar-refractivity contribution in [1.29, 1.82) is 0 Å². The van der Waals surface area contributed by atoms with Gasteiger partial charge in [-0.05, 0) is 57.2 Å². The van der Waals surface area contributed by atoms with E-state index in [1.54, 1.807) is 32.2 Å². The molecule has 5 nitrogen and oxygen atoms in total. The van der Waals surface area contributed by atoms with Crippen LogP contribution in [0.25, 0.3) is 5.82 Å². The van der Waals surface area contributed by atoms with Gasteiger partial charge in [0, 0.05) is 17.6 Å². The number of rotatable bonds is 5. The number of anilines is 1. The van der Waals surface area contributed by atoms with Crippen molar-refractivity contribution in [3.63, 3.8) is 0 Å². The molecule has 3 aromatic rings. The summed E-state index contributed by atoms with van der Waals surface area (Å²) in [5, 5.41) is 2.56. The van der Waals surface area contributed by atoms with Crippen LogP contribution in [0.3, 0.4) is 0 Å². The number of aromatic nitrogens is 2. The summed E-state index contributed by atoms with van der Waals surface area (Å²) in [6.45, 7) is 5.55. The zero-order valence-corrected chi connectivity index (χ0v) is 16.2. The highest BCUT2D eigenvalue weighted by atomic mass is 19.4. The molecule has 2 aromatic heterocycles. The van der Waals surface area contributed by atoms with E-state index in [2.05, 4.69) is 10.3 Å². The van der Waals surface area contributed by atoms with Crippen molar-refractivity contribution in [2.45, 2.75) is 26.9 Å². The number of hydrogen-bond acceptors (Lipinski definition) is 3. The van der Waals surface area contributed by atoms with Gasteiger partial charge in [0.05, 0.1) is 23.4 Å². The fourth-order valence-corrected chi connectivity index (χ4v) is 3.11. The Morgan fingerprint density at radius 3 is 2.55 bits per heavy atom. The number of amides is 1. The predicted molar refractivity (Wildman–Crippen MR) is 104 cm³/mol. The standard InChI is InChI=1S/C21H20F3N3O2/c1-4-29-18-9-8-15(21(22,23)24)12-17(18)26-20(28)16-11-13(2)27(14(16)3)19-7-5-6-10-25-19/h5-12H,4H2,1-3H3,(H,26,28). The topological polar surface area (TPSA) is 56.1 Å². The smallest absolute Gasteiger partial charge is 0.416 e. The number of hydrogen-bond donors (Lipinski definition) is 1. The highest BCUT2D eigenvalue weighted by molar-refractivity contribution is 6.06. The normalized spacial score (nSPS) is 11.4. The number of nitrogens with one attached hydrogen (secondary N) is 1. The lowest BCUT2D eigenvalue weighted by atomic mass is 10.1. The fraction of sp³-hybridized carbons (Fsp3) is 0.238. The molecule has 0 saturated carbocycles. The molecule has 0 radical (unpaired) electrons. The fourth-order valence-electron chi connectivity index (χ4n) is 3.11. The Bertz CT molecular complexity index is 1030. The number of nitrogens with zero attached hydrogens (tertiary/aromatic N) is 2. The van der Waals surface area contributed by atoms with E-state index >= 15 is 0 Å². The molecule has 8 heteroatoms. The van der Waals surface area contributed by atoms with Gasteiger partial charge in [-0.25, -0.2) is 4.98 Å². The van der Waals surface area contributed by atoms with E-state index in [0.29, 0.717) is 17.1 Å². The molecule has 0 spiro atoms. The highest BCUT2D eigenvalue weighted by Gasteiger charge is 2.31. The third-order valence-corrected chi connectivity index (χ3v) is 4.41. The molecule has 2 heterocycles. The zero-order valence-electron chi connectivity index (χ0n) is 16.2. The summed E-state index contributed by atoms with van der Waals surface area (Å²) < 4.78 is 46.5. The number of ether oxygens (including phenoxy) is 1. The van der Waals surface area contributed by atoms with E-state index in [1.165, 1.54) is 6.07 Å². The first-order valence-corrected chi connectivity index (χ1v) is 8.98. The Balaban J connectivity index is 1.97. The van der Waals surface area contributed by atoms with Crippen LogP contribution in [0.4, 0.5) is 18.9 Å². The second-order valence-electron chi connectivity index (χ2n) is 6.40. The van der Waals surface area contributed by atoms with Gasteiger partial charge < -0.3 is 14.6 Å². The van der Waals surface area contributed by atoms with Crippen LogP contribution in [0, 0.1) is 13.8 Å². The average molecular weight is 403 g/mol. The average Bonchev–Trinajstić information content (AvgIpc) is 2.97. The Morgan fingerprint density at radius 1 is 1.17 bits per heavy atom. The first kappa shape index (κ1) is 20.4. The summed E-state index contributed by atoms with van der Waals surface area (Å²) in [7, 11) is 0. The van der Waals surface area contributed by atoms with Crippen LogP contribution in [0.1, 0.15) is 34.2 Å². The second kappa shape index (κ2) is 7.98. The number of aryl methyl sites for hydroxylation is 1. The summed E-state index contributed by atoms with van der Waals surface area (Å²) in [4.78, 5) is 17.2. The molecule has 0 saturated heterocycles. The molecule has 1 amide bonds. The molecule has 0 bridgehead atoms. The van der Waals surface area contributed by atoms with E-state index in [9.17, 15) is 18.0 Å². The van der Waals surface area contributed by atoms with Crippen LogP contribution in [0.2, 0.25) is 0 Å². The van der Waals surface area contributed by atoms with E-state index < -0.39 is 17.6 Å². The van der Waals surface area contributed by atoms with Crippen LogP contribution in [-0.4, -0.2) is 22.1 Å². The minimum atomic E-state index is -4.53. The maximum absolute atomic E-state index is 13.1. The lowest BCUT2D eigenvalue weighted by molar-refractivity contribution is -0.137. The zero-order chi connectivity index (χ0) is 21.2. The van der Waals surface area contributed by atoms with Crippen molar-refractivity contribution >= 4 is 11.6 Å². The van der Waals surface area contributed by atoms with E-state index in [0.717, 1.165) is 17.8 Å².